The number of nitrogens with zero attached hydrogens (tertiary/aromatic N) is 3. The molecule has 0 aliphatic carbocycles. The lowest BCUT2D eigenvalue weighted by atomic mass is 10.1. The standard InChI is InChI=1S/C21H24N6O2/c1-4-24-21(28)27-17-8-7-15(10-19(17)29-3)18-12-23-13-20(26-18)25-14(2)16-6-5-9-22-11-16/h5-14H,4H2,1-3H3,(H,25,26)(H2,24,27,28). The molecule has 2 aromatic heterocycles. The van der Waals surface area contributed by atoms with E-state index in [0.29, 0.717) is 29.5 Å². The summed E-state index contributed by atoms with van der Waals surface area (Å²) in [7, 11) is 1.56. The fourth-order valence-corrected chi connectivity index (χ4v) is 2.79. The van der Waals surface area contributed by atoms with Gasteiger partial charge in [0.15, 0.2) is 0 Å². The number of methoxy groups -OCH3 is 1. The summed E-state index contributed by atoms with van der Waals surface area (Å²) in [5.41, 5.74) is 3.15. The normalized spacial score (nSPS) is 11.4. The first-order chi connectivity index (χ1) is 14.1. The Kier molecular flexibility index (Phi) is 6.57. The molecule has 0 aliphatic rings. The fourth-order valence-electron chi connectivity index (χ4n) is 2.79. The van der Waals surface area contributed by atoms with Gasteiger partial charge in [-0.05, 0) is 37.6 Å². The first kappa shape index (κ1) is 20.1. The monoisotopic (exact) mass is 392 g/mol. The zero-order valence-electron chi connectivity index (χ0n) is 16.6. The Bertz CT molecular complexity index is 964. The molecule has 0 bridgehead atoms. The summed E-state index contributed by atoms with van der Waals surface area (Å²) in [6.07, 6.45) is 6.93. The molecule has 3 N–H and O–H groups in total. The van der Waals surface area contributed by atoms with Crippen molar-refractivity contribution in [2.24, 2.45) is 0 Å². The number of pyridine rings is 1. The molecule has 3 rings (SSSR count). The van der Waals surface area contributed by atoms with Gasteiger partial charge in [-0.2, -0.15) is 0 Å². The lowest BCUT2D eigenvalue weighted by Gasteiger charge is -2.15. The van der Waals surface area contributed by atoms with Crippen LogP contribution in [0.5, 0.6) is 5.75 Å². The van der Waals surface area contributed by atoms with Gasteiger partial charge >= 0.3 is 6.03 Å². The first-order valence-electron chi connectivity index (χ1n) is 9.32. The number of amides is 2. The summed E-state index contributed by atoms with van der Waals surface area (Å²) in [5, 5.41) is 8.80. The number of ether oxygens (including phenoxy) is 1. The predicted molar refractivity (Wildman–Crippen MR) is 113 cm³/mol. The maximum Gasteiger partial charge on any atom is 0.319 e. The minimum atomic E-state index is -0.283. The molecule has 0 saturated carbocycles. The number of carbonyl (C=O) groups is 1. The van der Waals surface area contributed by atoms with Crippen LogP contribution in [0.4, 0.5) is 16.3 Å². The molecule has 0 radical (unpaired) electrons. The molecule has 0 spiro atoms. The third kappa shape index (κ3) is 5.19. The summed E-state index contributed by atoms with van der Waals surface area (Å²) in [4.78, 5) is 24.9. The molecule has 2 heterocycles. The van der Waals surface area contributed by atoms with Crippen molar-refractivity contribution in [3.8, 4) is 17.0 Å². The number of carbonyl (C=O) groups excluding carboxylic acids is 1. The molecule has 3 aromatic rings. The van der Waals surface area contributed by atoms with Crippen molar-refractivity contribution in [2.45, 2.75) is 19.9 Å². The highest BCUT2D eigenvalue weighted by Crippen LogP contribution is 2.30. The van der Waals surface area contributed by atoms with E-state index in [0.717, 1.165) is 11.1 Å². The van der Waals surface area contributed by atoms with Crippen molar-refractivity contribution < 1.29 is 9.53 Å². The number of urea groups is 1. The Morgan fingerprint density at radius 1 is 1.17 bits per heavy atom. The minimum absolute atomic E-state index is 0.0337. The number of hydrogen-bond donors (Lipinski definition) is 3. The minimum Gasteiger partial charge on any atom is -0.495 e. The van der Waals surface area contributed by atoms with Crippen LogP contribution < -0.4 is 20.7 Å². The molecule has 0 saturated heterocycles. The fraction of sp³-hybridized carbons (Fsp3) is 0.238. The Morgan fingerprint density at radius 2 is 2.03 bits per heavy atom. The molecular weight excluding hydrogens is 368 g/mol. The Balaban J connectivity index is 1.80. The molecule has 1 aromatic carbocycles. The number of aromatic nitrogens is 3. The average molecular weight is 392 g/mol. The van der Waals surface area contributed by atoms with E-state index in [9.17, 15) is 4.79 Å². The van der Waals surface area contributed by atoms with Gasteiger partial charge in [0.25, 0.3) is 0 Å². The van der Waals surface area contributed by atoms with E-state index in [1.165, 1.54) is 0 Å². The van der Waals surface area contributed by atoms with Crippen LogP contribution in [0.25, 0.3) is 11.3 Å². The molecule has 2 amide bonds. The van der Waals surface area contributed by atoms with Gasteiger partial charge < -0.3 is 20.7 Å². The molecule has 150 valence electrons. The summed E-state index contributed by atoms with van der Waals surface area (Å²) < 4.78 is 5.43. The number of anilines is 2. The van der Waals surface area contributed by atoms with Crippen molar-refractivity contribution >= 4 is 17.5 Å². The molecule has 8 nitrogen and oxygen atoms in total. The van der Waals surface area contributed by atoms with Crippen molar-refractivity contribution in [1.29, 1.82) is 0 Å². The van der Waals surface area contributed by atoms with Crippen LogP contribution in [0.2, 0.25) is 0 Å². The number of rotatable bonds is 7. The first-order valence-corrected chi connectivity index (χ1v) is 9.32. The summed E-state index contributed by atoms with van der Waals surface area (Å²) in [6, 6.07) is 9.12. The highest BCUT2D eigenvalue weighted by molar-refractivity contribution is 5.91. The Morgan fingerprint density at radius 3 is 2.76 bits per heavy atom. The summed E-state index contributed by atoms with van der Waals surface area (Å²) >= 11 is 0. The second-order valence-electron chi connectivity index (χ2n) is 6.34. The number of nitrogens with one attached hydrogen (secondary N) is 3. The van der Waals surface area contributed by atoms with E-state index in [2.05, 4.69) is 30.9 Å². The second-order valence-corrected chi connectivity index (χ2v) is 6.34. The van der Waals surface area contributed by atoms with Crippen LogP contribution in [0.15, 0.2) is 55.1 Å². The van der Waals surface area contributed by atoms with Gasteiger partial charge in [0.05, 0.1) is 36.9 Å². The van der Waals surface area contributed by atoms with E-state index in [-0.39, 0.29) is 12.1 Å². The Labute approximate surface area is 169 Å². The van der Waals surface area contributed by atoms with E-state index < -0.39 is 0 Å². The van der Waals surface area contributed by atoms with Crippen LogP contribution in [-0.4, -0.2) is 34.6 Å². The third-order valence-electron chi connectivity index (χ3n) is 4.27. The lowest BCUT2D eigenvalue weighted by Crippen LogP contribution is -2.28. The van der Waals surface area contributed by atoms with E-state index in [4.69, 9.17) is 4.74 Å². The van der Waals surface area contributed by atoms with Crippen molar-refractivity contribution in [3.63, 3.8) is 0 Å². The van der Waals surface area contributed by atoms with Gasteiger partial charge in [-0.3, -0.25) is 9.97 Å². The molecule has 0 fully saturated rings. The smallest absolute Gasteiger partial charge is 0.319 e. The number of hydrogen-bond acceptors (Lipinski definition) is 6. The molecule has 8 heteroatoms. The van der Waals surface area contributed by atoms with Crippen molar-refractivity contribution in [3.05, 3.63) is 60.7 Å². The van der Waals surface area contributed by atoms with Crippen LogP contribution in [0.3, 0.4) is 0 Å². The van der Waals surface area contributed by atoms with Gasteiger partial charge in [-0.15, -0.1) is 0 Å². The van der Waals surface area contributed by atoms with Crippen LogP contribution >= 0.6 is 0 Å². The molecule has 1 unspecified atom stereocenters. The predicted octanol–water partition coefficient (Wildman–Crippen LogP) is 3.86. The van der Waals surface area contributed by atoms with Crippen LogP contribution in [-0.2, 0) is 0 Å². The number of benzene rings is 1. The molecule has 1 atom stereocenters. The third-order valence-corrected chi connectivity index (χ3v) is 4.27. The van der Waals surface area contributed by atoms with Crippen molar-refractivity contribution in [2.75, 3.05) is 24.3 Å². The maximum absolute atomic E-state index is 11.8. The zero-order chi connectivity index (χ0) is 20.6. The Hall–Kier alpha value is -3.68. The SMILES string of the molecule is CCNC(=O)Nc1ccc(-c2cncc(NC(C)c3cccnc3)n2)cc1OC. The van der Waals surface area contributed by atoms with Gasteiger partial charge in [-0.25, -0.2) is 9.78 Å². The van der Waals surface area contributed by atoms with Gasteiger partial charge in [-0.1, -0.05) is 12.1 Å². The molecule has 0 aliphatic heterocycles. The highest BCUT2D eigenvalue weighted by atomic mass is 16.5. The topological polar surface area (TPSA) is 101 Å². The van der Waals surface area contributed by atoms with Gasteiger partial charge in [0, 0.05) is 24.5 Å². The molecular formula is C21H24N6O2. The van der Waals surface area contributed by atoms with Gasteiger partial charge in [0.2, 0.25) is 0 Å². The van der Waals surface area contributed by atoms with E-state index >= 15 is 0 Å². The van der Waals surface area contributed by atoms with Crippen molar-refractivity contribution in [1.82, 2.24) is 20.3 Å². The maximum atomic E-state index is 11.8. The summed E-state index contributed by atoms with van der Waals surface area (Å²) in [6.45, 7) is 4.43. The quantitative estimate of drug-likeness (QED) is 0.564. The van der Waals surface area contributed by atoms with Gasteiger partial charge in [0.1, 0.15) is 11.6 Å². The lowest BCUT2D eigenvalue weighted by molar-refractivity contribution is 0.252. The highest BCUT2D eigenvalue weighted by Gasteiger charge is 2.11. The summed E-state index contributed by atoms with van der Waals surface area (Å²) in [5.74, 6) is 1.19. The molecule has 29 heavy (non-hydrogen) atoms. The second kappa shape index (κ2) is 9.50. The van der Waals surface area contributed by atoms with E-state index in [1.807, 2.05) is 44.3 Å². The van der Waals surface area contributed by atoms with Crippen LogP contribution in [0, 0.1) is 0 Å². The largest absolute Gasteiger partial charge is 0.495 e. The van der Waals surface area contributed by atoms with E-state index in [1.54, 1.807) is 31.8 Å². The van der Waals surface area contributed by atoms with Crippen LogP contribution in [0.1, 0.15) is 25.5 Å². The average Bonchev–Trinajstić information content (AvgIpc) is 2.75. The zero-order valence-corrected chi connectivity index (χ0v) is 16.6.